The van der Waals surface area contributed by atoms with E-state index in [4.69, 9.17) is 9.26 Å². The number of carbonyl (C=O) groups is 1. The average Bonchev–Trinajstić information content (AvgIpc) is 3.16. The van der Waals surface area contributed by atoms with Gasteiger partial charge in [-0.15, -0.1) is 0 Å². The van der Waals surface area contributed by atoms with Crippen molar-refractivity contribution in [1.82, 2.24) is 15.5 Å². The zero-order chi connectivity index (χ0) is 19.9. The number of ether oxygens (including phenoxy) is 1. The predicted molar refractivity (Wildman–Crippen MR) is 102 cm³/mol. The number of amides is 1. The van der Waals surface area contributed by atoms with E-state index in [1.807, 2.05) is 38.1 Å². The molecule has 0 spiro atoms. The number of hydrogen-bond acceptors (Lipinski definition) is 5. The molecule has 0 aliphatic carbocycles. The Kier molecular flexibility index (Phi) is 6.37. The second-order valence-electron chi connectivity index (χ2n) is 6.31. The van der Waals surface area contributed by atoms with Gasteiger partial charge in [0.25, 0.3) is 0 Å². The molecule has 0 bridgehead atoms. The molecule has 146 valence electrons. The van der Waals surface area contributed by atoms with Gasteiger partial charge in [0.05, 0.1) is 12.6 Å². The minimum Gasteiger partial charge on any atom is -0.494 e. The molecule has 7 heteroatoms. The number of halogens is 1. The molecule has 2 aromatic carbocycles. The molecule has 6 nitrogen and oxygen atoms in total. The van der Waals surface area contributed by atoms with Crippen LogP contribution < -0.4 is 10.1 Å². The van der Waals surface area contributed by atoms with E-state index in [0.29, 0.717) is 30.3 Å². The summed E-state index contributed by atoms with van der Waals surface area (Å²) >= 11 is 0. The number of benzene rings is 2. The molecule has 1 heterocycles. The fraction of sp³-hybridized carbons (Fsp3) is 0.286. The fourth-order valence-corrected chi connectivity index (χ4v) is 2.73. The van der Waals surface area contributed by atoms with Crippen LogP contribution >= 0.6 is 0 Å². The van der Waals surface area contributed by atoms with E-state index in [1.54, 1.807) is 12.1 Å². The van der Waals surface area contributed by atoms with Gasteiger partial charge in [0.1, 0.15) is 11.6 Å². The van der Waals surface area contributed by atoms with E-state index in [0.717, 1.165) is 11.3 Å². The van der Waals surface area contributed by atoms with E-state index >= 15 is 0 Å². The van der Waals surface area contributed by atoms with Crippen molar-refractivity contribution in [1.29, 1.82) is 0 Å². The summed E-state index contributed by atoms with van der Waals surface area (Å²) in [4.78, 5) is 16.5. The molecule has 0 fully saturated rings. The molecule has 1 unspecified atom stereocenters. The van der Waals surface area contributed by atoms with Gasteiger partial charge < -0.3 is 14.6 Å². The zero-order valence-electron chi connectivity index (χ0n) is 15.8. The molecule has 0 saturated carbocycles. The zero-order valence-corrected chi connectivity index (χ0v) is 15.8. The van der Waals surface area contributed by atoms with Crippen molar-refractivity contribution >= 4 is 5.91 Å². The first-order valence-electron chi connectivity index (χ1n) is 9.16. The summed E-state index contributed by atoms with van der Waals surface area (Å²) in [6.45, 7) is 4.44. The molecule has 0 radical (unpaired) electrons. The molecule has 0 saturated heterocycles. The third-order valence-corrected chi connectivity index (χ3v) is 4.18. The van der Waals surface area contributed by atoms with Crippen LogP contribution in [0.25, 0.3) is 11.4 Å². The van der Waals surface area contributed by atoms with Crippen molar-refractivity contribution in [2.24, 2.45) is 0 Å². The molecule has 1 aromatic heterocycles. The SMILES string of the molecule is CCOc1cccc(C(C)NC(=O)CCc2nc(-c3ccc(F)cc3)no2)c1. The van der Waals surface area contributed by atoms with Crippen molar-refractivity contribution in [3.63, 3.8) is 0 Å². The van der Waals surface area contributed by atoms with Crippen LogP contribution in [0.1, 0.15) is 37.8 Å². The Labute approximate surface area is 162 Å². The highest BCUT2D eigenvalue weighted by Gasteiger charge is 2.13. The highest BCUT2D eigenvalue weighted by atomic mass is 19.1. The van der Waals surface area contributed by atoms with Crippen LogP contribution in [0.15, 0.2) is 53.1 Å². The third kappa shape index (κ3) is 5.16. The van der Waals surface area contributed by atoms with Crippen molar-refractivity contribution in [3.05, 3.63) is 65.8 Å². The Morgan fingerprint density at radius 2 is 2.04 bits per heavy atom. The van der Waals surface area contributed by atoms with Crippen molar-refractivity contribution < 1.29 is 18.4 Å². The van der Waals surface area contributed by atoms with E-state index in [2.05, 4.69) is 15.5 Å². The maximum atomic E-state index is 13.0. The van der Waals surface area contributed by atoms with Crippen LogP contribution in [-0.2, 0) is 11.2 Å². The van der Waals surface area contributed by atoms with Gasteiger partial charge in [-0.1, -0.05) is 17.3 Å². The van der Waals surface area contributed by atoms with Crippen molar-refractivity contribution in [2.45, 2.75) is 32.7 Å². The standard InChI is InChI=1S/C21H22FN3O3/c1-3-27-18-6-4-5-16(13-18)14(2)23-19(26)11-12-20-24-21(25-28-20)15-7-9-17(22)10-8-15/h4-10,13-14H,3,11-12H2,1-2H3,(H,23,26). The number of rotatable bonds is 8. The predicted octanol–water partition coefficient (Wildman–Crippen LogP) is 4.08. The minimum atomic E-state index is -0.329. The maximum absolute atomic E-state index is 13.0. The summed E-state index contributed by atoms with van der Waals surface area (Å²) in [6.07, 6.45) is 0.548. The van der Waals surface area contributed by atoms with Gasteiger partial charge in [0.15, 0.2) is 0 Å². The van der Waals surface area contributed by atoms with Crippen LogP contribution in [0.5, 0.6) is 5.75 Å². The third-order valence-electron chi connectivity index (χ3n) is 4.18. The second kappa shape index (κ2) is 9.12. The van der Waals surface area contributed by atoms with Gasteiger partial charge in [-0.3, -0.25) is 4.79 Å². The lowest BCUT2D eigenvalue weighted by Crippen LogP contribution is -2.26. The summed E-state index contributed by atoms with van der Waals surface area (Å²) in [5, 5.41) is 6.83. The molecular weight excluding hydrogens is 361 g/mol. The minimum absolute atomic E-state index is 0.115. The molecule has 0 aliphatic heterocycles. The number of carbonyl (C=O) groups excluding carboxylic acids is 1. The van der Waals surface area contributed by atoms with Gasteiger partial charge in [-0.2, -0.15) is 4.98 Å². The van der Waals surface area contributed by atoms with E-state index in [1.165, 1.54) is 12.1 Å². The summed E-state index contributed by atoms with van der Waals surface area (Å²) in [5.41, 5.74) is 1.62. The molecule has 1 atom stereocenters. The summed E-state index contributed by atoms with van der Waals surface area (Å²) in [5.74, 6) is 1.07. The Bertz CT molecular complexity index is 925. The number of aryl methyl sites for hydroxylation is 1. The smallest absolute Gasteiger partial charge is 0.227 e. The summed E-state index contributed by atoms with van der Waals surface area (Å²) in [7, 11) is 0. The van der Waals surface area contributed by atoms with E-state index in [-0.39, 0.29) is 24.2 Å². The first-order valence-corrected chi connectivity index (χ1v) is 9.16. The van der Waals surface area contributed by atoms with Gasteiger partial charge in [0, 0.05) is 18.4 Å². The van der Waals surface area contributed by atoms with Crippen molar-refractivity contribution in [3.8, 4) is 17.1 Å². The van der Waals surface area contributed by atoms with Crippen LogP contribution in [0.4, 0.5) is 4.39 Å². The largest absolute Gasteiger partial charge is 0.494 e. The van der Waals surface area contributed by atoms with Crippen LogP contribution in [0.3, 0.4) is 0 Å². The van der Waals surface area contributed by atoms with Gasteiger partial charge in [-0.25, -0.2) is 4.39 Å². The van der Waals surface area contributed by atoms with Crippen LogP contribution in [0.2, 0.25) is 0 Å². The highest BCUT2D eigenvalue weighted by molar-refractivity contribution is 5.76. The molecule has 1 N–H and O–H groups in total. The van der Waals surface area contributed by atoms with E-state index in [9.17, 15) is 9.18 Å². The first kappa shape index (κ1) is 19.5. The number of nitrogens with zero attached hydrogens (tertiary/aromatic N) is 2. The lowest BCUT2D eigenvalue weighted by Gasteiger charge is -2.15. The maximum Gasteiger partial charge on any atom is 0.227 e. The quantitative estimate of drug-likeness (QED) is 0.634. The second-order valence-corrected chi connectivity index (χ2v) is 6.31. The molecule has 3 rings (SSSR count). The lowest BCUT2D eigenvalue weighted by atomic mass is 10.1. The fourth-order valence-electron chi connectivity index (χ4n) is 2.73. The Morgan fingerprint density at radius 3 is 2.79 bits per heavy atom. The molecule has 3 aromatic rings. The molecule has 1 amide bonds. The monoisotopic (exact) mass is 383 g/mol. The highest BCUT2D eigenvalue weighted by Crippen LogP contribution is 2.20. The molecular formula is C21H22FN3O3. The topological polar surface area (TPSA) is 77.2 Å². The van der Waals surface area contributed by atoms with Crippen LogP contribution in [0, 0.1) is 5.82 Å². The average molecular weight is 383 g/mol. The van der Waals surface area contributed by atoms with Crippen molar-refractivity contribution in [2.75, 3.05) is 6.61 Å². The summed E-state index contributed by atoms with van der Waals surface area (Å²) < 4.78 is 23.7. The Morgan fingerprint density at radius 1 is 1.25 bits per heavy atom. The van der Waals surface area contributed by atoms with Gasteiger partial charge >= 0.3 is 0 Å². The van der Waals surface area contributed by atoms with Gasteiger partial charge in [-0.05, 0) is 55.8 Å². The normalized spacial score (nSPS) is 11.8. The Hall–Kier alpha value is -3.22. The number of aromatic nitrogens is 2. The summed E-state index contributed by atoms with van der Waals surface area (Å²) in [6, 6.07) is 13.3. The Balaban J connectivity index is 1.53. The lowest BCUT2D eigenvalue weighted by molar-refractivity contribution is -0.121. The van der Waals surface area contributed by atoms with E-state index < -0.39 is 0 Å². The molecule has 28 heavy (non-hydrogen) atoms. The molecule has 0 aliphatic rings. The number of hydrogen-bond donors (Lipinski definition) is 1. The number of nitrogens with one attached hydrogen (secondary N) is 1. The first-order chi connectivity index (χ1) is 13.5. The van der Waals surface area contributed by atoms with Crippen LogP contribution in [-0.4, -0.2) is 22.7 Å². The van der Waals surface area contributed by atoms with Gasteiger partial charge in [0.2, 0.25) is 17.6 Å².